The van der Waals surface area contributed by atoms with Gasteiger partial charge in [0.1, 0.15) is 5.75 Å². The van der Waals surface area contributed by atoms with Crippen LogP contribution in [0.5, 0.6) is 5.75 Å². The van der Waals surface area contributed by atoms with Crippen LogP contribution in [-0.2, 0) is 9.53 Å². The normalized spacial score (nSPS) is 17.0. The molecule has 1 N–H and O–H groups in total. The van der Waals surface area contributed by atoms with Crippen molar-refractivity contribution >= 4 is 17.5 Å². The molecule has 1 amide bonds. The molecule has 0 saturated carbocycles. The van der Waals surface area contributed by atoms with E-state index < -0.39 is 0 Å². The number of amides is 1. The average molecular weight is 341 g/mol. The number of ether oxygens (including phenoxy) is 2. The van der Waals surface area contributed by atoms with E-state index in [0.717, 1.165) is 26.3 Å². The maximum Gasteiger partial charge on any atom is 0.257 e. The van der Waals surface area contributed by atoms with Gasteiger partial charge in [0.2, 0.25) is 0 Å². The fourth-order valence-electron chi connectivity index (χ4n) is 2.64. The van der Waals surface area contributed by atoms with E-state index in [1.807, 2.05) is 0 Å². The maximum atomic E-state index is 12.0. The lowest BCUT2D eigenvalue weighted by Gasteiger charge is -2.36. The van der Waals surface area contributed by atoms with Gasteiger partial charge in [-0.1, -0.05) is 25.4 Å². The Morgan fingerprint density at radius 2 is 1.96 bits per heavy atom. The molecule has 5 nitrogen and oxygen atoms in total. The first-order valence-corrected chi connectivity index (χ1v) is 8.41. The van der Waals surface area contributed by atoms with Gasteiger partial charge in [-0.25, -0.2) is 0 Å². The quantitative estimate of drug-likeness (QED) is 0.826. The Balaban J connectivity index is 1.75. The van der Waals surface area contributed by atoms with Crippen LogP contribution in [0.1, 0.15) is 13.8 Å². The molecule has 1 aromatic carbocycles. The molecule has 1 aliphatic rings. The van der Waals surface area contributed by atoms with Crippen molar-refractivity contribution in [2.45, 2.75) is 19.9 Å². The number of carbonyl (C=O) groups excluding carboxylic acids is 1. The number of hydrogen-bond acceptors (Lipinski definition) is 4. The van der Waals surface area contributed by atoms with Crippen molar-refractivity contribution in [3.63, 3.8) is 0 Å². The Morgan fingerprint density at radius 3 is 2.57 bits per heavy atom. The molecule has 0 radical (unpaired) electrons. The molecule has 128 valence electrons. The molecule has 2 rings (SSSR count). The van der Waals surface area contributed by atoms with Gasteiger partial charge in [-0.3, -0.25) is 9.69 Å². The largest absolute Gasteiger partial charge is 0.484 e. The zero-order chi connectivity index (χ0) is 16.7. The summed E-state index contributed by atoms with van der Waals surface area (Å²) in [5.41, 5.74) is 0. The molecule has 1 aromatic rings. The van der Waals surface area contributed by atoms with Crippen molar-refractivity contribution < 1.29 is 14.3 Å². The lowest BCUT2D eigenvalue weighted by atomic mass is 10.0. The number of nitrogens with zero attached hydrogens (tertiary/aromatic N) is 1. The highest BCUT2D eigenvalue weighted by atomic mass is 35.5. The van der Waals surface area contributed by atoms with Crippen molar-refractivity contribution in [2.75, 3.05) is 39.5 Å². The average Bonchev–Trinajstić information content (AvgIpc) is 2.55. The number of benzene rings is 1. The van der Waals surface area contributed by atoms with Gasteiger partial charge < -0.3 is 14.8 Å². The van der Waals surface area contributed by atoms with E-state index >= 15 is 0 Å². The number of halogens is 1. The van der Waals surface area contributed by atoms with Crippen LogP contribution in [0.2, 0.25) is 5.02 Å². The molecule has 1 atom stereocenters. The van der Waals surface area contributed by atoms with Crippen LogP contribution in [-0.4, -0.2) is 56.3 Å². The van der Waals surface area contributed by atoms with Gasteiger partial charge in [0.15, 0.2) is 6.61 Å². The second-order valence-corrected chi connectivity index (χ2v) is 6.44. The van der Waals surface area contributed by atoms with E-state index in [0.29, 0.717) is 29.3 Å². The van der Waals surface area contributed by atoms with E-state index in [-0.39, 0.29) is 12.5 Å². The smallest absolute Gasteiger partial charge is 0.257 e. The molecule has 1 saturated heterocycles. The van der Waals surface area contributed by atoms with Gasteiger partial charge in [0.05, 0.1) is 13.2 Å². The zero-order valence-corrected chi connectivity index (χ0v) is 14.5. The minimum Gasteiger partial charge on any atom is -0.484 e. The number of carbonyl (C=O) groups is 1. The molecule has 0 bridgehead atoms. The van der Waals surface area contributed by atoms with Crippen LogP contribution in [0.15, 0.2) is 24.3 Å². The molecule has 1 aliphatic heterocycles. The Hall–Kier alpha value is -1.30. The van der Waals surface area contributed by atoms with Gasteiger partial charge in [-0.15, -0.1) is 0 Å². The van der Waals surface area contributed by atoms with Crippen molar-refractivity contribution in [3.05, 3.63) is 29.3 Å². The maximum absolute atomic E-state index is 12.0. The Labute approximate surface area is 142 Å². The Morgan fingerprint density at radius 1 is 1.30 bits per heavy atom. The summed E-state index contributed by atoms with van der Waals surface area (Å²) in [4.78, 5) is 14.4. The first-order valence-electron chi connectivity index (χ1n) is 8.03. The molecule has 23 heavy (non-hydrogen) atoms. The minimum absolute atomic E-state index is 0.00948. The molecule has 0 aliphatic carbocycles. The van der Waals surface area contributed by atoms with Gasteiger partial charge >= 0.3 is 0 Å². The number of morpholine rings is 1. The molecule has 0 unspecified atom stereocenters. The summed E-state index contributed by atoms with van der Waals surface area (Å²) < 4.78 is 10.8. The SMILES string of the molecule is CC(C)[C@@H](CNC(=O)COc1ccc(Cl)cc1)N1CCOCC1. The van der Waals surface area contributed by atoms with Crippen molar-refractivity contribution in [1.82, 2.24) is 10.2 Å². The van der Waals surface area contributed by atoms with Gasteiger partial charge in [-0.05, 0) is 30.2 Å². The van der Waals surface area contributed by atoms with Gasteiger partial charge in [-0.2, -0.15) is 0 Å². The Kier molecular flexibility index (Phi) is 7.15. The lowest BCUT2D eigenvalue weighted by Crippen LogP contribution is -2.51. The highest BCUT2D eigenvalue weighted by Crippen LogP contribution is 2.15. The van der Waals surface area contributed by atoms with Crippen LogP contribution in [0.3, 0.4) is 0 Å². The summed E-state index contributed by atoms with van der Waals surface area (Å²) in [6.07, 6.45) is 0. The second-order valence-electron chi connectivity index (χ2n) is 6.01. The second kappa shape index (κ2) is 9.11. The Bertz CT molecular complexity index is 487. The minimum atomic E-state index is -0.112. The van der Waals surface area contributed by atoms with Crippen LogP contribution < -0.4 is 10.1 Å². The molecular weight excluding hydrogens is 316 g/mol. The molecule has 0 aromatic heterocycles. The highest BCUT2D eigenvalue weighted by Gasteiger charge is 2.24. The predicted octanol–water partition coefficient (Wildman–Crippen LogP) is 2.19. The van der Waals surface area contributed by atoms with Gasteiger partial charge in [0, 0.05) is 30.7 Å². The summed E-state index contributed by atoms with van der Waals surface area (Å²) in [6, 6.07) is 7.29. The molecule has 0 spiro atoms. The van der Waals surface area contributed by atoms with E-state index in [2.05, 4.69) is 24.1 Å². The van der Waals surface area contributed by atoms with Crippen LogP contribution >= 0.6 is 11.6 Å². The first-order chi connectivity index (χ1) is 11.1. The van der Waals surface area contributed by atoms with Crippen LogP contribution in [0.4, 0.5) is 0 Å². The zero-order valence-electron chi connectivity index (χ0n) is 13.8. The van der Waals surface area contributed by atoms with Crippen LogP contribution in [0, 0.1) is 5.92 Å². The summed E-state index contributed by atoms with van der Waals surface area (Å²) in [5.74, 6) is 0.989. The number of nitrogens with one attached hydrogen (secondary N) is 1. The van der Waals surface area contributed by atoms with Crippen molar-refractivity contribution in [2.24, 2.45) is 5.92 Å². The number of hydrogen-bond donors (Lipinski definition) is 1. The van der Waals surface area contributed by atoms with Crippen molar-refractivity contribution in [1.29, 1.82) is 0 Å². The van der Waals surface area contributed by atoms with Gasteiger partial charge in [0.25, 0.3) is 5.91 Å². The van der Waals surface area contributed by atoms with Crippen molar-refractivity contribution in [3.8, 4) is 5.75 Å². The van der Waals surface area contributed by atoms with E-state index in [1.54, 1.807) is 24.3 Å². The highest BCUT2D eigenvalue weighted by molar-refractivity contribution is 6.30. The molecule has 1 fully saturated rings. The van der Waals surface area contributed by atoms with Crippen LogP contribution in [0.25, 0.3) is 0 Å². The van der Waals surface area contributed by atoms with E-state index in [1.165, 1.54) is 0 Å². The van der Waals surface area contributed by atoms with E-state index in [9.17, 15) is 4.79 Å². The molecule has 1 heterocycles. The fourth-order valence-corrected chi connectivity index (χ4v) is 2.77. The predicted molar refractivity (Wildman–Crippen MR) is 91.0 cm³/mol. The fraction of sp³-hybridized carbons (Fsp3) is 0.588. The lowest BCUT2D eigenvalue weighted by molar-refractivity contribution is -0.123. The standard InChI is InChI=1S/C17H25ClN2O3/c1-13(2)16(20-7-9-22-10-8-20)11-19-17(21)12-23-15-5-3-14(18)4-6-15/h3-6,13,16H,7-12H2,1-2H3,(H,19,21)/t16-/m1/s1. The third kappa shape index (κ3) is 6.01. The number of rotatable bonds is 7. The molecule has 6 heteroatoms. The third-order valence-corrected chi connectivity index (χ3v) is 4.23. The summed E-state index contributed by atoms with van der Waals surface area (Å²) in [5, 5.41) is 3.62. The summed E-state index contributed by atoms with van der Waals surface area (Å²) in [7, 11) is 0. The summed E-state index contributed by atoms with van der Waals surface area (Å²) >= 11 is 5.81. The first kappa shape index (κ1) is 18.0. The molecular formula is C17H25ClN2O3. The van der Waals surface area contributed by atoms with E-state index in [4.69, 9.17) is 21.1 Å². The topological polar surface area (TPSA) is 50.8 Å². The monoisotopic (exact) mass is 340 g/mol. The summed E-state index contributed by atoms with van der Waals surface area (Å²) in [6.45, 7) is 8.34. The third-order valence-electron chi connectivity index (χ3n) is 3.98.